The Labute approximate surface area is 331 Å². The van der Waals surface area contributed by atoms with E-state index in [1.807, 2.05) is 0 Å². The third-order valence-electron chi connectivity index (χ3n) is 11.7. The van der Waals surface area contributed by atoms with Crippen LogP contribution >= 0.6 is 0 Å². The molecule has 0 radical (unpaired) electrons. The molecule has 0 amide bonds. The zero-order valence-corrected chi connectivity index (χ0v) is 30.9. The van der Waals surface area contributed by atoms with Crippen molar-refractivity contribution in [2.24, 2.45) is 0 Å². The molecule has 0 bridgehead atoms. The number of fused-ring (bicyclic) bond motifs is 7. The van der Waals surface area contributed by atoms with Gasteiger partial charge in [-0.25, -0.2) is 4.98 Å². The second-order valence-electron chi connectivity index (χ2n) is 14.8. The second-order valence-corrected chi connectivity index (χ2v) is 14.8. The van der Waals surface area contributed by atoms with Crippen LogP contribution < -0.4 is 26.2 Å². The Morgan fingerprint density at radius 2 is 0.842 bits per heavy atom. The maximum absolute atomic E-state index is 5.45. The lowest BCUT2D eigenvalue weighted by Gasteiger charge is -2.44. The van der Waals surface area contributed by atoms with Crippen molar-refractivity contribution >= 4 is 74.0 Å². The smallest absolute Gasteiger partial charge is 0.252 e. The maximum atomic E-state index is 5.45. The minimum atomic E-state index is 0.0311. The van der Waals surface area contributed by atoms with Crippen molar-refractivity contribution in [2.45, 2.75) is 0 Å². The first-order valence-electron chi connectivity index (χ1n) is 19.5. The number of para-hydroxylation sites is 6. The number of aromatic nitrogens is 3. The molecule has 2 aliphatic rings. The number of hydrogen-bond donors (Lipinski definition) is 0. The fourth-order valence-electron chi connectivity index (χ4n) is 9.39. The molecule has 6 heteroatoms. The van der Waals surface area contributed by atoms with Gasteiger partial charge in [0.2, 0.25) is 5.78 Å². The standard InChI is InChI=1S/C51H34BN5/c1-5-19-35(20-6-1)49-50(36-21-7-2-8-22-36)57-45-32-18-15-29-42(45)53-51(57)56(49)39-33-46-48-47(34-39)55(38-25-11-4-12-26-38)44-31-17-14-28-41(44)52(48)40-27-13-16-30-43(40)54(46)37-23-9-3-10-24-37/h1-34H. The zero-order chi connectivity index (χ0) is 37.5. The summed E-state index contributed by atoms with van der Waals surface area (Å²) in [5.41, 5.74) is 18.3. The van der Waals surface area contributed by atoms with Gasteiger partial charge in [-0.05, 0) is 77.1 Å². The van der Waals surface area contributed by atoms with Crippen LogP contribution in [0.5, 0.6) is 0 Å². The molecule has 0 saturated heterocycles. The van der Waals surface area contributed by atoms with Crippen molar-refractivity contribution in [2.75, 3.05) is 9.80 Å². The molecule has 0 unspecified atom stereocenters. The molecule has 0 aliphatic carbocycles. The number of benzene rings is 8. The molecule has 4 heterocycles. The van der Waals surface area contributed by atoms with Crippen LogP contribution in [-0.2, 0) is 0 Å². The summed E-state index contributed by atoms with van der Waals surface area (Å²) in [6.45, 7) is 0.0311. The van der Waals surface area contributed by atoms with Crippen molar-refractivity contribution in [3.8, 4) is 28.2 Å². The lowest BCUT2D eigenvalue weighted by atomic mass is 9.33. The van der Waals surface area contributed by atoms with E-state index in [1.165, 1.54) is 27.8 Å². The molecular weight excluding hydrogens is 693 g/mol. The zero-order valence-electron chi connectivity index (χ0n) is 30.9. The topological polar surface area (TPSA) is 28.7 Å². The van der Waals surface area contributed by atoms with Crippen molar-refractivity contribution in [3.63, 3.8) is 0 Å². The van der Waals surface area contributed by atoms with Crippen LogP contribution in [-0.4, -0.2) is 20.7 Å². The minimum Gasteiger partial charge on any atom is -0.311 e. The van der Waals surface area contributed by atoms with Gasteiger partial charge in [0.25, 0.3) is 6.71 Å². The first-order valence-corrected chi connectivity index (χ1v) is 19.5. The van der Waals surface area contributed by atoms with Crippen LogP contribution in [0.3, 0.4) is 0 Å². The number of rotatable bonds is 5. The number of hydrogen-bond acceptors (Lipinski definition) is 3. The molecule has 5 nitrogen and oxygen atoms in total. The van der Waals surface area contributed by atoms with Gasteiger partial charge in [-0.3, -0.25) is 8.97 Å². The molecule has 2 aromatic heterocycles. The second kappa shape index (κ2) is 12.5. The van der Waals surface area contributed by atoms with Gasteiger partial charge in [0.05, 0.1) is 28.1 Å². The van der Waals surface area contributed by atoms with E-state index < -0.39 is 0 Å². The summed E-state index contributed by atoms with van der Waals surface area (Å²) < 4.78 is 4.76. The monoisotopic (exact) mass is 727 g/mol. The Morgan fingerprint density at radius 3 is 1.40 bits per heavy atom. The predicted molar refractivity (Wildman–Crippen MR) is 237 cm³/mol. The highest BCUT2D eigenvalue weighted by Gasteiger charge is 2.43. The highest BCUT2D eigenvalue weighted by molar-refractivity contribution is 7.00. The molecule has 8 aromatic carbocycles. The molecule has 0 N–H and O–H groups in total. The van der Waals surface area contributed by atoms with E-state index in [9.17, 15) is 0 Å². The van der Waals surface area contributed by atoms with E-state index in [0.717, 1.165) is 67.8 Å². The number of nitrogens with zero attached hydrogens (tertiary/aromatic N) is 5. The predicted octanol–water partition coefficient (Wildman–Crippen LogP) is 10.7. The Bertz CT molecular complexity index is 3030. The summed E-state index contributed by atoms with van der Waals surface area (Å²) >= 11 is 0. The third kappa shape index (κ3) is 4.68. The van der Waals surface area contributed by atoms with Crippen molar-refractivity contribution < 1.29 is 0 Å². The van der Waals surface area contributed by atoms with Crippen molar-refractivity contribution in [1.82, 2.24) is 14.0 Å². The van der Waals surface area contributed by atoms with Gasteiger partial charge in [0.15, 0.2) is 0 Å². The Hall–Kier alpha value is -7.57. The van der Waals surface area contributed by atoms with E-state index >= 15 is 0 Å². The summed E-state index contributed by atoms with van der Waals surface area (Å²) in [7, 11) is 0. The van der Waals surface area contributed by atoms with Gasteiger partial charge in [-0.15, -0.1) is 0 Å². The van der Waals surface area contributed by atoms with Crippen molar-refractivity contribution in [1.29, 1.82) is 0 Å². The molecule has 0 atom stereocenters. The first-order chi connectivity index (χ1) is 28.3. The summed E-state index contributed by atoms with van der Waals surface area (Å²) in [6, 6.07) is 74.4. The molecule has 10 aromatic rings. The molecular formula is C51H34BN5. The lowest BCUT2D eigenvalue weighted by molar-refractivity contribution is 1.08. The van der Waals surface area contributed by atoms with E-state index in [-0.39, 0.29) is 6.71 Å². The van der Waals surface area contributed by atoms with Crippen LogP contribution in [0.1, 0.15) is 0 Å². The number of imidazole rings is 2. The molecule has 0 saturated carbocycles. The van der Waals surface area contributed by atoms with Gasteiger partial charge in [-0.2, -0.15) is 0 Å². The lowest BCUT2D eigenvalue weighted by Crippen LogP contribution is -2.61. The maximum Gasteiger partial charge on any atom is 0.252 e. The molecule has 2 aliphatic heterocycles. The third-order valence-corrected chi connectivity index (χ3v) is 11.7. The Kier molecular flexibility index (Phi) is 6.95. The van der Waals surface area contributed by atoms with Crippen molar-refractivity contribution in [3.05, 3.63) is 206 Å². The fourth-order valence-corrected chi connectivity index (χ4v) is 9.39. The average molecular weight is 728 g/mol. The minimum absolute atomic E-state index is 0.0311. The Balaban J connectivity index is 1.27. The van der Waals surface area contributed by atoms with Gasteiger partial charge in [0.1, 0.15) is 0 Å². The average Bonchev–Trinajstić information content (AvgIpc) is 3.82. The molecule has 57 heavy (non-hydrogen) atoms. The normalized spacial score (nSPS) is 12.8. The van der Waals surface area contributed by atoms with Gasteiger partial charge in [-0.1, -0.05) is 146 Å². The summed E-state index contributed by atoms with van der Waals surface area (Å²) in [4.78, 5) is 10.4. The van der Waals surface area contributed by atoms with Gasteiger partial charge in [0, 0.05) is 45.3 Å². The summed E-state index contributed by atoms with van der Waals surface area (Å²) in [5.74, 6) is 0.863. The molecule has 266 valence electrons. The number of anilines is 6. The highest BCUT2D eigenvalue weighted by Crippen LogP contribution is 2.47. The quantitative estimate of drug-likeness (QED) is 0.165. The Morgan fingerprint density at radius 1 is 0.386 bits per heavy atom. The summed E-state index contributed by atoms with van der Waals surface area (Å²) in [6.07, 6.45) is 0. The SMILES string of the molecule is c1ccc(-c2c(-c3ccccc3)n3c4ccccc4nc3n2-c2cc3c4c(c2)N(c2ccccc2)c2ccccc2B4c2ccccc2N3c2ccccc2)cc1. The van der Waals surface area contributed by atoms with Crippen LogP contribution in [0.15, 0.2) is 206 Å². The van der Waals surface area contributed by atoms with E-state index in [4.69, 9.17) is 4.98 Å². The molecule has 0 spiro atoms. The van der Waals surface area contributed by atoms with Crippen LogP contribution in [0.25, 0.3) is 45.0 Å². The van der Waals surface area contributed by atoms with E-state index in [0.29, 0.717) is 0 Å². The van der Waals surface area contributed by atoms with Crippen LogP contribution in [0.4, 0.5) is 34.1 Å². The van der Waals surface area contributed by atoms with E-state index in [1.54, 1.807) is 0 Å². The largest absolute Gasteiger partial charge is 0.311 e. The van der Waals surface area contributed by atoms with Gasteiger partial charge >= 0.3 is 0 Å². The molecule has 12 rings (SSSR count). The van der Waals surface area contributed by atoms with Crippen LogP contribution in [0, 0.1) is 0 Å². The van der Waals surface area contributed by atoms with E-state index in [2.05, 4.69) is 225 Å². The van der Waals surface area contributed by atoms with Crippen LogP contribution in [0.2, 0.25) is 0 Å². The fraction of sp³-hybridized carbons (Fsp3) is 0. The first kappa shape index (κ1) is 31.8. The molecule has 0 fully saturated rings. The van der Waals surface area contributed by atoms with Gasteiger partial charge < -0.3 is 9.80 Å². The highest BCUT2D eigenvalue weighted by atomic mass is 15.2. The summed E-state index contributed by atoms with van der Waals surface area (Å²) in [5, 5.41) is 0.